The van der Waals surface area contributed by atoms with Crippen molar-refractivity contribution in [3.8, 4) is 5.69 Å². The first-order valence-corrected chi connectivity index (χ1v) is 5.72. The number of hydrogen-bond acceptors (Lipinski definition) is 5. The van der Waals surface area contributed by atoms with E-state index in [1.807, 2.05) is 6.92 Å². The van der Waals surface area contributed by atoms with Crippen LogP contribution in [0.4, 0.5) is 5.69 Å². The van der Waals surface area contributed by atoms with Crippen molar-refractivity contribution in [2.24, 2.45) is 5.73 Å². The lowest BCUT2D eigenvalue weighted by molar-refractivity contribution is -0.384. The van der Waals surface area contributed by atoms with E-state index in [0.717, 1.165) is 0 Å². The van der Waals surface area contributed by atoms with E-state index in [1.54, 1.807) is 6.07 Å². The van der Waals surface area contributed by atoms with Crippen molar-refractivity contribution in [1.82, 2.24) is 14.8 Å². The second-order valence-corrected chi connectivity index (χ2v) is 4.01. The SMILES string of the molecule is CC[C@H](N)c1n[nH]c(=O)n1-c1cccc([N+](=O)[O-])c1. The van der Waals surface area contributed by atoms with Gasteiger partial charge in [-0.2, -0.15) is 5.10 Å². The van der Waals surface area contributed by atoms with Crippen molar-refractivity contribution in [2.75, 3.05) is 0 Å². The van der Waals surface area contributed by atoms with Crippen LogP contribution in [0, 0.1) is 10.1 Å². The van der Waals surface area contributed by atoms with Gasteiger partial charge in [0.15, 0.2) is 5.82 Å². The smallest absolute Gasteiger partial charge is 0.321 e. The van der Waals surface area contributed by atoms with Gasteiger partial charge >= 0.3 is 5.69 Å². The summed E-state index contributed by atoms with van der Waals surface area (Å²) < 4.78 is 1.25. The third kappa shape index (κ3) is 2.38. The van der Waals surface area contributed by atoms with E-state index in [1.165, 1.54) is 22.8 Å². The summed E-state index contributed by atoms with van der Waals surface area (Å²) in [4.78, 5) is 22.0. The van der Waals surface area contributed by atoms with Crippen LogP contribution < -0.4 is 11.4 Å². The molecular weight excluding hydrogens is 250 g/mol. The predicted octanol–water partition coefficient (Wildman–Crippen LogP) is 0.879. The van der Waals surface area contributed by atoms with E-state index < -0.39 is 16.7 Å². The fourth-order valence-corrected chi connectivity index (χ4v) is 1.74. The fraction of sp³-hybridized carbons (Fsp3) is 0.273. The lowest BCUT2D eigenvalue weighted by Crippen LogP contribution is -2.21. The van der Waals surface area contributed by atoms with Crippen molar-refractivity contribution in [1.29, 1.82) is 0 Å². The molecule has 0 aliphatic carbocycles. The highest BCUT2D eigenvalue weighted by Gasteiger charge is 2.17. The molecule has 0 saturated carbocycles. The van der Waals surface area contributed by atoms with Crippen LogP contribution in [0.15, 0.2) is 29.1 Å². The minimum atomic E-state index is -0.520. The highest BCUT2D eigenvalue weighted by Crippen LogP contribution is 2.18. The molecule has 1 aromatic carbocycles. The van der Waals surface area contributed by atoms with E-state index >= 15 is 0 Å². The molecule has 0 spiro atoms. The van der Waals surface area contributed by atoms with Crippen LogP contribution in [0.5, 0.6) is 0 Å². The van der Waals surface area contributed by atoms with Crippen molar-refractivity contribution >= 4 is 5.69 Å². The van der Waals surface area contributed by atoms with Gasteiger partial charge in [0, 0.05) is 12.1 Å². The number of nitrogens with two attached hydrogens (primary N) is 1. The maximum absolute atomic E-state index is 11.8. The zero-order valence-electron chi connectivity index (χ0n) is 10.2. The third-order valence-electron chi connectivity index (χ3n) is 2.77. The number of nitrogens with one attached hydrogen (secondary N) is 1. The molecule has 2 rings (SSSR count). The van der Waals surface area contributed by atoms with Crippen LogP contribution in [0.2, 0.25) is 0 Å². The first-order chi connectivity index (χ1) is 9.04. The molecule has 0 aliphatic rings. The first kappa shape index (κ1) is 13.0. The Hall–Kier alpha value is -2.48. The monoisotopic (exact) mass is 263 g/mol. The number of aromatic amines is 1. The third-order valence-corrected chi connectivity index (χ3v) is 2.77. The number of nitro benzene ring substituents is 1. The van der Waals surface area contributed by atoms with Crippen LogP contribution in [0.25, 0.3) is 5.69 Å². The summed E-state index contributed by atoms with van der Waals surface area (Å²) >= 11 is 0. The Balaban J connectivity index is 2.58. The largest absolute Gasteiger partial charge is 0.347 e. The summed E-state index contributed by atoms with van der Waals surface area (Å²) in [6.45, 7) is 1.86. The van der Waals surface area contributed by atoms with Crippen molar-refractivity contribution in [3.63, 3.8) is 0 Å². The van der Waals surface area contributed by atoms with Crippen molar-refractivity contribution < 1.29 is 4.92 Å². The van der Waals surface area contributed by atoms with Crippen molar-refractivity contribution in [3.05, 3.63) is 50.7 Å². The Kier molecular flexibility index (Phi) is 3.43. The van der Waals surface area contributed by atoms with Gasteiger partial charge in [-0.3, -0.25) is 10.1 Å². The number of nitro groups is 1. The van der Waals surface area contributed by atoms with Gasteiger partial charge in [-0.05, 0) is 12.5 Å². The minimum Gasteiger partial charge on any atom is -0.321 e. The molecule has 0 amide bonds. The summed E-state index contributed by atoms with van der Waals surface area (Å²) in [7, 11) is 0. The van der Waals surface area contributed by atoms with E-state index in [4.69, 9.17) is 5.73 Å². The van der Waals surface area contributed by atoms with E-state index in [-0.39, 0.29) is 5.69 Å². The highest BCUT2D eigenvalue weighted by atomic mass is 16.6. The van der Waals surface area contributed by atoms with Gasteiger partial charge in [0.05, 0.1) is 16.7 Å². The van der Waals surface area contributed by atoms with Gasteiger partial charge in [-0.25, -0.2) is 14.5 Å². The molecule has 100 valence electrons. The van der Waals surface area contributed by atoms with Gasteiger partial charge in [0.2, 0.25) is 0 Å². The van der Waals surface area contributed by atoms with E-state index in [2.05, 4.69) is 10.2 Å². The molecule has 0 radical (unpaired) electrons. The summed E-state index contributed by atoms with van der Waals surface area (Å²) in [5, 5.41) is 16.9. The molecule has 1 aromatic heterocycles. The van der Waals surface area contributed by atoms with Crippen LogP contribution in [0.1, 0.15) is 25.2 Å². The lowest BCUT2D eigenvalue weighted by atomic mass is 10.2. The molecule has 0 fully saturated rings. The normalized spacial score (nSPS) is 12.3. The number of rotatable bonds is 4. The average Bonchev–Trinajstić information content (AvgIpc) is 2.80. The molecule has 0 aliphatic heterocycles. The maximum atomic E-state index is 11.8. The van der Waals surface area contributed by atoms with Crippen LogP contribution >= 0.6 is 0 Å². The van der Waals surface area contributed by atoms with Crippen molar-refractivity contribution in [2.45, 2.75) is 19.4 Å². The lowest BCUT2D eigenvalue weighted by Gasteiger charge is -2.10. The standard InChI is InChI=1S/C11H13N5O3/c1-2-9(12)10-13-14-11(17)15(10)7-4-3-5-8(6-7)16(18)19/h3-6,9H,2,12H2,1H3,(H,14,17)/t9-/m0/s1. The zero-order chi connectivity index (χ0) is 14.0. The number of benzene rings is 1. The second kappa shape index (κ2) is 5.02. The Morgan fingerprint density at radius 2 is 2.32 bits per heavy atom. The number of nitrogens with zero attached hydrogens (tertiary/aromatic N) is 3. The van der Waals surface area contributed by atoms with Crippen LogP contribution in [-0.2, 0) is 0 Å². The van der Waals surface area contributed by atoms with E-state index in [9.17, 15) is 14.9 Å². The number of non-ortho nitro benzene ring substituents is 1. The Bertz CT molecular complexity index is 660. The molecule has 0 bridgehead atoms. The molecule has 2 aromatic rings. The van der Waals surface area contributed by atoms with Gasteiger partial charge < -0.3 is 5.73 Å². The fourth-order valence-electron chi connectivity index (χ4n) is 1.74. The van der Waals surface area contributed by atoms with Gasteiger partial charge in [-0.15, -0.1) is 0 Å². The average molecular weight is 263 g/mol. The summed E-state index contributed by atoms with van der Waals surface area (Å²) in [5.41, 5.74) is 5.67. The number of H-pyrrole nitrogens is 1. The van der Waals surface area contributed by atoms with E-state index in [0.29, 0.717) is 17.9 Å². The molecule has 8 nitrogen and oxygen atoms in total. The quantitative estimate of drug-likeness (QED) is 0.626. The molecule has 0 unspecified atom stereocenters. The zero-order valence-corrected chi connectivity index (χ0v) is 10.2. The summed E-state index contributed by atoms with van der Waals surface area (Å²) in [5.74, 6) is 0.355. The number of hydrogen-bond donors (Lipinski definition) is 2. The minimum absolute atomic E-state index is 0.0957. The Morgan fingerprint density at radius 3 is 2.95 bits per heavy atom. The highest BCUT2D eigenvalue weighted by molar-refractivity contribution is 5.43. The van der Waals surface area contributed by atoms with Gasteiger partial charge in [-0.1, -0.05) is 13.0 Å². The molecule has 8 heteroatoms. The summed E-state index contributed by atoms with van der Waals surface area (Å²) in [6, 6.07) is 5.35. The van der Waals surface area contributed by atoms with Gasteiger partial charge in [0.1, 0.15) is 0 Å². The molecule has 19 heavy (non-hydrogen) atoms. The molecule has 1 atom stereocenters. The molecular formula is C11H13N5O3. The summed E-state index contributed by atoms with van der Waals surface area (Å²) in [6.07, 6.45) is 0.596. The van der Waals surface area contributed by atoms with Gasteiger partial charge in [0.25, 0.3) is 5.69 Å². The number of aromatic nitrogens is 3. The molecule has 0 saturated heterocycles. The maximum Gasteiger partial charge on any atom is 0.347 e. The Morgan fingerprint density at radius 1 is 1.58 bits per heavy atom. The van der Waals surface area contributed by atoms with Crippen LogP contribution in [0.3, 0.4) is 0 Å². The second-order valence-electron chi connectivity index (χ2n) is 4.01. The predicted molar refractivity (Wildman–Crippen MR) is 68.1 cm³/mol. The topological polar surface area (TPSA) is 120 Å². The van der Waals surface area contributed by atoms with Crippen LogP contribution in [-0.4, -0.2) is 19.7 Å². The molecule has 1 heterocycles. The Labute approximate surface area is 108 Å². The first-order valence-electron chi connectivity index (χ1n) is 5.72. The molecule has 3 N–H and O–H groups in total.